The second-order valence-electron chi connectivity index (χ2n) is 5.64. The summed E-state index contributed by atoms with van der Waals surface area (Å²) in [7, 11) is 0. The molecule has 4 amide bonds. The third-order valence-electron chi connectivity index (χ3n) is 4.02. The Morgan fingerprint density at radius 2 is 1.83 bits per heavy atom. The van der Waals surface area contributed by atoms with Gasteiger partial charge < -0.3 is 15.3 Å². The minimum atomic E-state index is -1.17. The number of urea groups is 1. The molecule has 1 aromatic carbocycles. The molecule has 2 rings (SSSR count). The van der Waals surface area contributed by atoms with Gasteiger partial charge in [-0.05, 0) is 31.5 Å². The number of nitrogens with zero attached hydrogens (tertiary/aromatic N) is 1. The zero-order valence-electron chi connectivity index (χ0n) is 13.5. The lowest BCUT2D eigenvalue weighted by atomic mass is 9.91. The maximum atomic E-state index is 12.4. The van der Waals surface area contributed by atoms with Crippen molar-refractivity contribution in [3.8, 4) is 0 Å². The van der Waals surface area contributed by atoms with E-state index in [-0.39, 0.29) is 18.9 Å². The molecule has 24 heavy (non-hydrogen) atoms. The van der Waals surface area contributed by atoms with Crippen molar-refractivity contribution in [2.24, 2.45) is 0 Å². The normalized spacial score (nSPS) is 19.6. The fourth-order valence-electron chi connectivity index (χ4n) is 2.51. The van der Waals surface area contributed by atoms with E-state index in [1.807, 2.05) is 0 Å². The largest absolute Gasteiger partial charge is 0.481 e. The number of benzene rings is 1. The van der Waals surface area contributed by atoms with Gasteiger partial charge in [0.2, 0.25) is 0 Å². The van der Waals surface area contributed by atoms with Crippen LogP contribution in [0.3, 0.4) is 0 Å². The van der Waals surface area contributed by atoms with Gasteiger partial charge in [-0.25, -0.2) is 4.79 Å². The Kier molecular flexibility index (Phi) is 4.87. The first-order chi connectivity index (χ1) is 11.3. The predicted molar refractivity (Wildman–Crippen MR) is 84.3 cm³/mol. The topological polar surface area (TPSA) is 116 Å². The second kappa shape index (κ2) is 6.69. The third-order valence-corrected chi connectivity index (χ3v) is 4.02. The minimum absolute atomic E-state index is 0.123. The van der Waals surface area contributed by atoms with Gasteiger partial charge in [-0.2, -0.15) is 0 Å². The Hall–Kier alpha value is -2.90. The fraction of sp³-hybridized carbons (Fsp3) is 0.375. The quantitative estimate of drug-likeness (QED) is 0.662. The lowest BCUT2D eigenvalue weighted by Gasteiger charge is -2.23. The number of carbonyl (C=O) groups is 4. The molecule has 1 fully saturated rings. The lowest BCUT2D eigenvalue weighted by molar-refractivity contribution is -0.137. The van der Waals surface area contributed by atoms with E-state index >= 15 is 0 Å². The highest BCUT2D eigenvalue weighted by Crippen LogP contribution is 2.24. The van der Waals surface area contributed by atoms with Gasteiger partial charge in [0, 0.05) is 18.7 Å². The SMILES string of the molecule is CCN(CCC(=O)O)C(=O)c1ccc(C2(C)NC(=O)NC2=O)cc1. The van der Waals surface area contributed by atoms with Crippen LogP contribution in [0.2, 0.25) is 0 Å². The minimum Gasteiger partial charge on any atom is -0.481 e. The number of hydrogen-bond donors (Lipinski definition) is 3. The van der Waals surface area contributed by atoms with Gasteiger partial charge in [0.15, 0.2) is 0 Å². The molecule has 1 unspecified atom stereocenters. The number of aliphatic carboxylic acids is 1. The molecule has 8 nitrogen and oxygen atoms in total. The first kappa shape index (κ1) is 17.5. The summed E-state index contributed by atoms with van der Waals surface area (Å²) < 4.78 is 0. The van der Waals surface area contributed by atoms with Crippen LogP contribution in [0.25, 0.3) is 0 Å². The molecular weight excluding hydrogens is 314 g/mol. The number of nitrogens with one attached hydrogen (secondary N) is 2. The van der Waals surface area contributed by atoms with E-state index < -0.39 is 23.4 Å². The molecule has 0 spiro atoms. The van der Waals surface area contributed by atoms with Crippen molar-refractivity contribution in [1.82, 2.24) is 15.5 Å². The molecular formula is C16H19N3O5. The average Bonchev–Trinajstić information content (AvgIpc) is 2.81. The Morgan fingerprint density at radius 3 is 2.29 bits per heavy atom. The third kappa shape index (κ3) is 3.37. The van der Waals surface area contributed by atoms with Gasteiger partial charge in [-0.1, -0.05) is 12.1 Å². The lowest BCUT2D eigenvalue weighted by Crippen LogP contribution is -2.40. The zero-order valence-corrected chi connectivity index (χ0v) is 13.5. The molecule has 3 N–H and O–H groups in total. The van der Waals surface area contributed by atoms with Crippen LogP contribution >= 0.6 is 0 Å². The summed E-state index contributed by atoms with van der Waals surface area (Å²) in [5.74, 6) is -1.70. The molecule has 8 heteroatoms. The van der Waals surface area contributed by atoms with Gasteiger partial charge >= 0.3 is 12.0 Å². The van der Waals surface area contributed by atoms with Crippen molar-refractivity contribution in [2.75, 3.05) is 13.1 Å². The van der Waals surface area contributed by atoms with Gasteiger partial charge in [0.05, 0.1) is 6.42 Å². The zero-order chi connectivity index (χ0) is 17.9. The Morgan fingerprint density at radius 1 is 1.21 bits per heavy atom. The number of rotatable bonds is 6. The van der Waals surface area contributed by atoms with Gasteiger partial charge in [-0.3, -0.25) is 19.7 Å². The predicted octanol–water partition coefficient (Wildman–Crippen LogP) is 0.678. The Labute approximate surface area is 138 Å². The molecule has 128 valence electrons. The Balaban J connectivity index is 2.16. The van der Waals surface area contributed by atoms with Crippen LogP contribution in [0, 0.1) is 0 Å². The molecule has 1 atom stereocenters. The molecule has 0 aromatic heterocycles. The molecule has 0 radical (unpaired) electrons. The van der Waals surface area contributed by atoms with E-state index in [2.05, 4.69) is 10.6 Å². The van der Waals surface area contributed by atoms with Crippen molar-refractivity contribution in [2.45, 2.75) is 25.8 Å². The van der Waals surface area contributed by atoms with E-state index in [1.165, 1.54) is 4.90 Å². The van der Waals surface area contributed by atoms with E-state index in [1.54, 1.807) is 38.1 Å². The maximum absolute atomic E-state index is 12.4. The second-order valence-corrected chi connectivity index (χ2v) is 5.64. The van der Waals surface area contributed by atoms with Crippen LogP contribution in [0.5, 0.6) is 0 Å². The van der Waals surface area contributed by atoms with Crippen LogP contribution in [-0.2, 0) is 15.1 Å². The summed E-state index contributed by atoms with van der Waals surface area (Å²) in [5, 5.41) is 13.5. The highest BCUT2D eigenvalue weighted by atomic mass is 16.4. The molecule has 1 aromatic rings. The Bertz CT molecular complexity index is 685. The van der Waals surface area contributed by atoms with Crippen LogP contribution in [0.1, 0.15) is 36.2 Å². The van der Waals surface area contributed by atoms with Crippen molar-refractivity contribution in [3.05, 3.63) is 35.4 Å². The van der Waals surface area contributed by atoms with Crippen molar-refractivity contribution < 1.29 is 24.3 Å². The standard InChI is InChI=1S/C16H19N3O5/c1-3-19(9-8-12(20)21)13(22)10-4-6-11(7-5-10)16(2)14(23)17-15(24)18-16/h4-7H,3,8-9H2,1-2H3,(H,20,21)(H2,17,18,23,24). The van der Waals surface area contributed by atoms with Crippen molar-refractivity contribution >= 4 is 23.8 Å². The van der Waals surface area contributed by atoms with Crippen molar-refractivity contribution in [3.63, 3.8) is 0 Å². The summed E-state index contributed by atoms with van der Waals surface area (Å²) in [4.78, 5) is 47.7. The number of carboxylic acids is 1. The summed E-state index contributed by atoms with van der Waals surface area (Å²) in [6.07, 6.45) is -0.123. The molecule has 0 aliphatic carbocycles. The molecule has 1 saturated heterocycles. The summed E-state index contributed by atoms with van der Waals surface area (Å²) >= 11 is 0. The first-order valence-electron chi connectivity index (χ1n) is 7.53. The molecule has 0 bridgehead atoms. The highest BCUT2D eigenvalue weighted by Gasteiger charge is 2.43. The molecule has 1 heterocycles. The average molecular weight is 333 g/mol. The number of carboxylic acid groups (broad SMARTS) is 1. The summed E-state index contributed by atoms with van der Waals surface area (Å²) in [5.41, 5.74) is -0.234. The van der Waals surface area contributed by atoms with Gasteiger partial charge in [0.1, 0.15) is 5.54 Å². The summed E-state index contributed by atoms with van der Waals surface area (Å²) in [6.45, 7) is 3.87. The smallest absolute Gasteiger partial charge is 0.322 e. The van der Waals surface area contributed by atoms with Gasteiger partial charge in [-0.15, -0.1) is 0 Å². The van der Waals surface area contributed by atoms with Crippen LogP contribution in [0.4, 0.5) is 4.79 Å². The monoisotopic (exact) mass is 333 g/mol. The fourth-order valence-corrected chi connectivity index (χ4v) is 2.51. The van der Waals surface area contributed by atoms with Crippen LogP contribution in [0.15, 0.2) is 24.3 Å². The number of imide groups is 1. The maximum Gasteiger partial charge on any atom is 0.322 e. The van der Waals surface area contributed by atoms with Crippen LogP contribution < -0.4 is 10.6 Å². The number of hydrogen-bond acceptors (Lipinski definition) is 4. The van der Waals surface area contributed by atoms with Gasteiger partial charge in [0.25, 0.3) is 11.8 Å². The molecule has 1 aliphatic heterocycles. The van der Waals surface area contributed by atoms with E-state index in [9.17, 15) is 19.2 Å². The molecule has 1 aliphatic rings. The molecule has 0 saturated carbocycles. The first-order valence-corrected chi connectivity index (χ1v) is 7.53. The van der Waals surface area contributed by atoms with E-state index in [0.717, 1.165) is 0 Å². The summed E-state index contributed by atoms with van der Waals surface area (Å²) in [6, 6.07) is 5.76. The number of amides is 4. The van der Waals surface area contributed by atoms with E-state index in [4.69, 9.17) is 5.11 Å². The van der Waals surface area contributed by atoms with E-state index in [0.29, 0.717) is 17.7 Å². The van der Waals surface area contributed by atoms with Crippen LogP contribution in [-0.4, -0.2) is 46.9 Å². The highest BCUT2D eigenvalue weighted by molar-refractivity contribution is 6.07. The van der Waals surface area contributed by atoms with Crippen molar-refractivity contribution in [1.29, 1.82) is 0 Å². The number of carbonyl (C=O) groups excluding carboxylic acids is 3.